The summed E-state index contributed by atoms with van der Waals surface area (Å²) in [5, 5.41) is 0. The highest BCUT2D eigenvalue weighted by atomic mass is 127. The standard InChI is InChI=1S/C8H7F2IN2O2/c1-15-8-5(6(9)10)4(7(12)14)3(11)2-13-8/h2,6H,1H3,(H2,12,14). The highest BCUT2D eigenvalue weighted by molar-refractivity contribution is 14.1. The van der Waals surface area contributed by atoms with E-state index in [1.807, 2.05) is 0 Å². The van der Waals surface area contributed by atoms with Crippen molar-refractivity contribution in [3.8, 4) is 5.88 Å². The Bertz CT molecular complexity index is 398. The number of halogens is 3. The average Bonchev–Trinajstić information content (AvgIpc) is 2.16. The van der Waals surface area contributed by atoms with Crippen LogP contribution in [0, 0.1) is 3.57 Å². The Morgan fingerprint density at radius 3 is 2.67 bits per heavy atom. The third-order valence-corrected chi connectivity index (χ3v) is 2.51. The molecule has 0 bridgehead atoms. The van der Waals surface area contributed by atoms with Crippen LogP contribution in [0.4, 0.5) is 8.78 Å². The summed E-state index contributed by atoms with van der Waals surface area (Å²) in [5.41, 5.74) is 4.22. The van der Waals surface area contributed by atoms with E-state index >= 15 is 0 Å². The fourth-order valence-corrected chi connectivity index (χ4v) is 1.80. The second-order valence-corrected chi connectivity index (χ2v) is 3.73. The topological polar surface area (TPSA) is 65.2 Å². The van der Waals surface area contributed by atoms with E-state index in [1.54, 1.807) is 22.6 Å². The van der Waals surface area contributed by atoms with Crippen LogP contribution in [0.3, 0.4) is 0 Å². The molecule has 0 saturated carbocycles. The number of alkyl halides is 2. The van der Waals surface area contributed by atoms with Crippen LogP contribution in [0.1, 0.15) is 22.3 Å². The Morgan fingerprint density at radius 1 is 1.67 bits per heavy atom. The number of carbonyl (C=O) groups excluding carboxylic acids is 1. The molecule has 0 radical (unpaired) electrons. The third-order valence-electron chi connectivity index (χ3n) is 1.69. The van der Waals surface area contributed by atoms with E-state index < -0.39 is 17.9 Å². The van der Waals surface area contributed by atoms with Crippen LogP contribution in [0.5, 0.6) is 5.88 Å². The van der Waals surface area contributed by atoms with Crippen molar-refractivity contribution in [1.29, 1.82) is 0 Å². The van der Waals surface area contributed by atoms with Crippen molar-refractivity contribution in [2.24, 2.45) is 5.73 Å². The maximum Gasteiger partial charge on any atom is 0.269 e. The van der Waals surface area contributed by atoms with Crippen molar-refractivity contribution in [3.05, 3.63) is 20.9 Å². The van der Waals surface area contributed by atoms with Gasteiger partial charge >= 0.3 is 0 Å². The average molecular weight is 328 g/mol. The van der Waals surface area contributed by atoms with Crippen LogP contribution >= 0.6 is 22.6 Å². The summed E-state index contributed by atoms with van der Waals surface area (Å²) in [5.74, 6) is -1.20. The molecule has 0 aliphatic rings. The maximum atomic E-state index is 12.7. The van der Waals surface area contributed by atoms with Crippen LogP contribution in [0.15, 0.2) is 6.20 Å². The number of methoxy groups -OCH3 is 1. The number of amides is 1. The van der Waals surface area contributed by atoms with E-state index in [1.165, 1.54) is 13.3 Å². The first-order valence-electron chi connectivity index (χ1n) is 3.79. The predicted molar refractivity (Wildman–Crippen MR) is 57.0 cm³/mol. The Kier molecular flexibility index (Phi) is 3.77. The molecule has 0 spiro atoms. The van der Waals surface area contributed by atoms with Gasteiger partial charge in [0, 0.05) is 9.77 Å². The number of nitrogens with zero attached hydrogens (tertiary/aromatic N) is 1. The van der Waals surface area contributed by atoms with E-state index in [9.17, 15) is 13.6 Å². The lowest BCUT2D eigenvalue weighted by Gasteiger charge is -2.11. The third kappa shape index (κ3) is 2.33. The van der Waals surface area contributed by atoms with Gasteiger partial charge in [-0.3, -0.25) is 4.79 Å². The SMILES string of the molecule is COc1ncc(I)c(C(N)=O)c1C(F)F. The summed E-state index contributed by atoms with van der Waals surface area (Å²) in [6.07, 6.45) is -1.60. The van der Waals surface area contributed by atoms with Gasteiger partial charge in [0.1, 0.15) is 0 Å². The quantitative estimate of drug-likeness (QED) is 0.860. The molecule has 0 saturated heterocycles. The molecule has 1 rings (SSSR count). The van der Waals surface area contributed by atoms with E-state index in [4.69, 9.17) is 5.73 Å². The van der Waals surface area contributed by atoms with Crippen molar-refractivity contribution in [1.82, 2.24) is 4.98 Å². The highest BCUT2D eigenvalue weighted by Crippen LogP contribution is 2.32. The number of nitrogens with two attached hydrogens (primary N) is 1. The maximum absolute atomic E-state index is 12.7. The molecule has 0 aliphatic carbocycles. The molecule has 0 aliphatic heterocycles. The van der Waals surface area contributed by atoms with E-state index in [-0.39, 0.29) is 15.0 Å². The number of ether oxygens (including phenoxy) is 1. The number of primary amides is 1. The normalized spacial score (nSPS) is 10.5. The molecule has 15 heavy (non-hydrogen) atoms. The zero-order valence-electron chi connectivity index (χ0n) is 7.63. The van der Waals surface area contributed by atoms with Gasteiger partial charge in [-0.15, -0.1) is 0 Å². The summed E-state index contributed by atoms with van der Waals surface area (Å²) >= 11 is 1.72. The van der Waals surface area contributed by atoms with Crippen molar-refractivity contribution >= 4 is 28.5 Å². The molecule has 82 valence electrons. The van der Waals surface area contributed by atoms with Gasteiger partial charge in [-0.1, -0.05) is 0 Å². The molecule has 1 heterocycles. The molecule has 4 nitrogen and oxygen atoms in total. The summed E-state index contributed by atoms with van der Waals surface area (Å²) in [6, 6.07) is 0. The van der Waals surface area contributed by atoms with Crippen molar-refractivity contribution in [2.45, 2.75) is 6.43 Å². The Morgan fingerprint density at radius 2 is 2.27 bits per heavy atom. The summed E-state index contributed by atoms with van der Waals surface area (Å²) in [7, 11) is 1.20. The van der Waals surface area contributed by atoms with Gasteiger partial charge in [0.2, 0.25) is 5.88 Å². The second-order valence-electron chi connectivity index (χ2n) is 2.57. The molecule has 2 N–H and O–H groups in total. The van der Waals surface area contributed by atoms with E-state index in [0.29, 0.717) is 0 Å². The molecule has 0 atom stereocenters. The van der Waals surface area contributed by atoms with E-state index in [2.05, 4.69) is 9.72 Å². The van der Waals surface area contributed by atoms with Crippen molar-refractivity contribution < 1.29 is 18.3 Å². The molecular formula is C8H7F2IN2O2. The number of hydrogen-bond acceptors (Lipinski definition) is 3. The Balaban J connectivity index is 3.51. The highest BCUT2D eigenvalue weighted by Gasteiger charge is 2.25. The van der Waals surface area contributed by atoms with Crippen LogP contribution < -0.4 is 10.5 Å². The van der Waals surface area contributed by atoms with Crippen molar-refractivity contribution in [2.75, 3.05) is 7.11 Å². The number of aromatic nitrogens is 1. The first kappa shape index (κ1) is 12.1. The van der Waals surface area contributed by atoms with Crippen LogP contribution in [-0.2, 0) is 0 Å². The number of rotatable bonds is 3. The number of hydrogen-bond donors (Lipinski definition) is 1. The molecule has 1 aromatic rings. The van der Waals surface area contributed by atoms with Gasteiger partial charge in [0.05, 0.1) is 18.2 Å². The molecular weight excluding hydrogens is 321 g/mol. The predicted octanol–water partition coefficient (Wildman–Crippen LogP) is 1.73. The monoisotopic (exact) mass is 328 g/mol. The molecule has 0 aromatic carbocycles. The van der Waals surface area contributed by atoms with Gasteiger partial charge < -0.3 is 10.5 Å². The van der Waals surface area contributed by atoms with Gasteiger partial charge in [0.25, 0.3) is 12.3 Å². The van der Waals surface area contributed by atoms with Crippen LogP contribution in [0.2, 0.25) is 0 Å². The smallest absolute Gasteiger partial charge is 0.269 e. The first-order chi connectivity index (χ1) is 6.99. The Hall–Kier alpha value is -0.990. The molecule has 0 unspecified atom stereocenters. The lowest BCUT2D eigenvalue weighted by Crippen LogP contribution is -2.17. The first-order valence-corrected chi connectivity index (χ1v) is 4.87. The minimum Gasteiger partial charge on any atom is -0.481 e. The van der Waals surface area contributed by atoms with Crippen LogP contribution in [0.25, 0.3) is 0 Å². The van der Waals surface area contributed by atoms with Gasteiger partial charge in [-0.2, -0.15) is 0 Å². The minimum atomic E-state index is -2.86. The lowest BCUT2D eigenvalue weighted by molar-refractivity contribution is 0.0981. The zero-order chi connectivity index (χ0) is 11.6. The summed E-state index contributed by atoms with van der Waals surface area (Å²) in [4.78, 5) is 14.7. The Labute approximate surface area is 98.0 Å². The molecule has 1 aromatic heterocycles. The number of pyridine rings is 1. The zero-order valence-corrected chi connectivity index (χ0v) is 9.79. The fourth-order valence-electron chi connectivity index (χ4n) is 1.10. The number of carbonyl (C=O) groups is 1. The lowest BCUT2D eigenvalue weighted by atomic mass is 10.1. The fraction of sp³-hybridized carbons (Fsp3) is 0.250. The second kappa shape index (κ2) is 4.69. The summed E-state index contributed by atoms with van der Waals surface area (Å²) in [6.45, 7) is 0. The summed E-state index contributed by atoms with van der Waals surface area (Å²) < 4.78 is 30.3. The van der Waals surface area contributed by atoms with Gasteiger partial charge in [-0.25, -0.2) is 13.8 Å². The van der Waals surface area contributed by atoms with Gasteiger partial charge in [-0.05, 0) is 22.6 Å². The van der Waals surface area contributed by atoms with Crippen LogP contribution in [-0.4, -0.2) is 18.0 Å². The largest absolute Gasteiger partial charge is 0.481 e. The molecule has 1 amide bonds. The minimum absolute atomic E-state index is 0.238. The van der Waals surface area contributed by atoms with Crippen molar-refractivity contribution in [3.63, 3.8) is 0 Å². The van der Waals surface area contributed by atoms with Gasteiger partial charge in [0.15, 0.2) is 0 Å². The molecule has 7 heteroatoms. The van der Waals surface area contributed by atoms with E-state index in [0.717, 1.165) is 0 Å². The molecule has 0 fully saturated rings.